The molecule has 0 aromatic rings. The molecule has 1 aliphatic carbocycles. The lowest BCUT2D eigenvalue weighted by atomic mass is 10.1. The van der Waals surface area contributed by atoms with Gasteiger partial charge in [0.1, 0.15) is 6.10 Å². The van der Waals surface area contributed by atoms with Crippen LogP contribution in [0, 0.1) is 0 Å². The predicted octanol–water partition coefficient (Wildman–Crippen LogP) is 2.40. The number of nitrogens with one attached hydrogen (secondary N) is 2. The van der Waals surface area contributed by atoms with Crippen LogP contribution in [0.4, 0.5) is 0 Å². The summed E-state index contributed by atoms with van der Waals surface area (Å²) in [6, 6.07) is 0.453. The Morgan fingerprint density at radius 1 is 1.20 bits per heavy atom. The van der Waals surface area contributed by atoms with Gasteiger partial charge in [0.05, 0.1) is 6.10 Å². The molecule has 2 N–H and O–H groups in total. The third-order valence-corrected chi connectivity index (χ3v) is 4.25. The summed E-state index contributed by atoms with van der Waals surface area (Å²) in [5, 5.41) is 6.39. The van der Waals surface area contributed by atoms with Crippen molar-refractivity contribution in [2.75, 3.05) is 13.1 Å². The molecule has 1 saturated carbocycles. The van der Waals surface area contributed by atoms with Crippen LogP contribution in [0.15, 0.2) is 0 Å². The summed E-state index contributed by atoms with van der Waals surface area (Å²) in [5.41, 5.74) is 0. The molecule has 2 fully saturated rings. The van der Waals surface area contributed by atoms with Crippen LogP contribution in [0.3, 0.4) is 0 Å². The fourth-order valence-corrected chi connectivity index (χ4v) is 3.03. The van der Waals surface area contributed by atoms with E-state index in [0.29, 0.717) is 6.04 Å². The Balaban J connectivity index is 0.00000200. The van der Waals surface area contributed by atoms with E-state index in [0.717, 1.165) is 32.4 Å². The minimum Gasteiger partial charge on any atom is -0.365 e. The fourth-order valence-electron chi connectivity index (χ4n) is 3.03. The Labute approximate surface area is 128 Å². The van der Waals surface area contributed by atoms with Gasteiger partial charge in [-0.3, -0.25) is 4.79 Å². The summed E-state index contributed by atoms with van der Waals surface area (Å²) in [5.74, 6) is 0.0398. The summed E-state index contributed by atoms with van der Waals surface area (Å²) >= 11 is 0. The topological polar surface area (TPSA) is 50.4 Å². The Morgan fingerprint density at radius 2 is 1.90 bits per heavy atom. The molecule has 20 heavy (non-hydrogen) atoms. The van der Waals surface area contributed by atoms with Gasteiger partial charge in [-0.1, -0.05) is 25.7 Å². The number of ether oxygens (including phenoxy) is 1. The summed E-state index contributed by atoms with van der Waals surface area (Å²) in [6.45, 7) is 3.69. The van der Waals surface area contributed by atoms with Gasteiger partial charge in [0.2, 0.25) is 5.91 Å². The van der Waals surface area contributed by atoms with Crippen LogP contribution >= 0.6 is 12.4 Å². The van der Waals surface area contributed by atoms with Gasteiger partial charge in [-0.2, -0.15) is 0 Å². The highest BCUT2D eigenvalue weighted by Gasteiger charge is 2.21. The molecule has 5 heteroatoms. The molecular formula is C15H29ClN2O2. The number of rotatable bonds is 5. The number of carbonyl (C=O) groups excluding carboxylic acids is 1. The van der Waals surface area contributed by atoms with Crippen molar-refractivity contribution in [1.82, 2.24) is 10.6 Å². The first-order valence-corrected chi connectivity index (χ1v) is 7.92. The first kappa shape index (κ1) is 17.7. The van der Waals surface area contributed by atoms with Crippen molar-refractivity contribution in [3.63, 3.8) is 0 Å². The van der Waals surface area contributed by atoms with E-state index in [1.54, 1.807) is 0 Å². The average Bonchev–Trinajstić information content (AvgIpc) is 2.80. The zero-order valence-corrected chi connectivity index (χ0v) is 13.3. The van der Waals surface area contributed by atoms with Gasteiger partial charge in [0.25, 0.3) is 0 Å². The maximum absolute atomic E-state index is 12.0. The summed E-state index contributed by atoms with van der Waals surface area (Å²) in [4.78, 5) is 12.0. The van der Waals surface area contributed by atoms with Crippen LogP contribution in [0.1, 0.15) is 58.3 Å². The highest BCUT2D eigenvalue weighted by atomic mass is 35.5. The maximum Gasteiger partial charge on any atom is 0.248 e. The molecule has 1 aliphatic heterocycles. The first-order valence-electron chi connectivity index (χ1n) is 7.92. The van der Waals surface area contributed by atoms with Crippen molar-refractivity contribution in [3.8, 4) is 0 Å². The minimum absolute atomic E-state index is 0. The largest absolute Gasteiger partial charge is 0.365 e. The Bertz CT molecular complexity index is 275. The van der Waals surface area contributed by atoms with Gasteiger partial charge >= 0.3 is 0 Å². The van der Waals surface area contributed by atoms with Crippen molar-refractivity contribution < 1.29 is 9.53 Å². The molecule has 4 nitrogen and oxygen atoms in total. The number of amides is 1. The van der Waals surface area contributed by atoms with Crippen LogP contribution in [0.5, 0.6) is 0 Å². The summed E-state index contributed by atoms with van der Waals surface area (Å²) in [6.07, 6.45) is 9.69. The predicted molar refractivity (Wildman–Crippen MR) is 83.3 cm³/mol. The average molecular weight is 305 g/mol. The molecule has 2 unspecified atom stereocenters. The molecular weight excluding hydrogens is 276 g/mol. The van der Waals surface area contributed by atoms with E-state index < -0.39 is 0 Å². The number of carbonyl (C=O) groups is 1. The third kappa shape index (κ3) is 5.98. The van der Waals surface area contributed by atoms with Crippen molar-refractivity contribution in [2.24, 2.45) is 0 Å². The highest BCUT2D eigenvalue weighted by Crippen LogP contribution is 2.20. The van der Waals surface area contributed by atoms with E-state index in [9.17, 15) is 4.79 Å². The summed E-state index contributed by atoms with van der Waals surface area (Å²) in [7, 11) is 0. The minimum atomic E-state index is -0.315. The summed E-state index contributed by atoms with van der Waals surface area (Å²) < 4.78 is 5.92. The SMILES string of the molecule is CC(OC1CCCCCC1)C(=O)NCC1CCCN1.Cl. The fraction of sp³-hybridized carbons (Fsp3) is 0.933. The zero-order valence-electron chi connectivity index (χ0n) is 12.5. The molecule has 1 heterocycles. The normalized spacial score (nSPS) is 25.6. The molecule has 2 atom stereocenters. The lowest BCUT2D eigenvalue weighted by Crippen LogP contribution is -2.42. The Kier molecular flexibility index (Phi) is 8.50. The van der Waals surface area contributed by atoms with Gasteiger partial charge in [-0.25, -0.2) is 0 Å². The van der Waals surface area contributed by atoms with Crippen LogP contribution < -0.4 is 10.6 Å². The van der Waals surface area contributed by atoms with Crippen LogP contribution in [0.25, 0.3) is 0 Å². The Morgan fingerprint density at radius 3 is 2.50 bits per heavy atom. The lowest BCUT2D eigenvalue weighted by molar-refractivity contribution is -0.135. The highest BCUT2D eigenvalue weighted by molar-refractivity contribution is 5.85. The monoisotopic (exact) mass is 304 g/mol. The number of hydrogen-bond acceptors (Lipinski definition) is 3. The van der Waals surface area contributed by atoms with E-state index in [-0.39, 0.29) is 30.5 Å². The zero-order chi connectivity index (χ0) is 13.5. The van der Waals surface area contributed by atoms with Crippen molar-refractivity contribution >= 4 is 18.3 Å². The molecule has 0 spiro atoms. The second-order valence-corrected chi connectivity index (χ2v) is 5.93. The van der Waals surface area contributed by atoms with Crippen LogP contribution in [-0.2, 0) is 9.53 Å². The molecule has 118 valence electrons. The number of halogens is 1. The van der Waals surface area contributed by atoms with Crippen molar-refractivity contribution in [2.45, 2.75) is 76.5 Å². The van der Waals surface area contributed by atoms with E-state index in [4.69, 9.17) is 4.74 Å². The second kappa shape index (κ2) is 9.59. The molecule has 0 aromatic carbocycles. The van der Waals surface area contributed by atoms with E-state index in [1.165, 1.54) is 32.1 Å². The molecule has 2 aliphatic rings. The van der Waals surface area contributed by atoms with Crippen LogP contribution in [0.2, 0.25) is 0 Å². The molecule has 0 aromatic heterocycles. The second-order valence-electron chi connectivity index (χ2n) is 5.93. The molecule has 2 rings (SSSR count). The van der Waals surface area contributed by atoms with Gasteiger partial charge in [0.15, 0.2) is 0 Å². The van der Waals surface area contributed by atoms with Gasteiger partial charge in [-0.15, -0.1) is 12.4 Å². The Hall–Kier alpha value is -0.320. The molecule has 1 saturated heterocycles. The van der Waals surface area contributed by atoms with Gasteiger partial charge in [0, 0.05) is 12.6 Å². The van der Waals surface area contributed by atoms with Crippen LogP contribution in [-0.4, -0.2) is 37.2 Å². The molecule has 1 amide bonds. The smallest absolute Gasteiger partial charge is 0.248 e. The molecule has 0 radical (unpaired) electrons. The van der Waals surface area contributed by atoms with E-state index >= 15 is 0 Å². The third-order valence-electron chi connectivity index (χ3n) is 4.25. The quantitative estimate of drug-likeness (QED) is 0.767. The van der Waals surface area contributed by atoms with Crippen molar-refractivity contribution in [1.29, 1.82) is 0 Å². The number of hydrogen-bond donors (Lipinski definition) is 2. The van der Waals surface area contributed by atoms with Gasteiger partial charge < -0.3 is 15.4 Å². The molecule has 0 bridgehead atoms. The standard InChI is InChI=1S/C15H28N2O2.ClH/c1-12(19-14-8-4-2-3-5-9-14)15(18)17-11-13-7-6-10-16-13;/h12-14,16H,2-11H2,1H3,(H,17,18);1H. The first-order chi connectivity index (χ1) is 9.25. The van der Waals surface area contributed by atoms with Crippen molar-refractivity contribution in [3.05, 3.63) is 0 Å². The van der Waals surface area contributed by atoms with Gasteiger partial charge in [-0.05, 0) is 39.2 Å². The van der Waals surface area contributed by atoms with E-state index in [1.807, 2.05) is 6.92 Å². The lowest BCUT2D eigenvalue weighted by Gasteiger charge is -2.21. The maximum atomic E-state index is 12.0. The van der Waals surface area contributed by atoms with E-state index in [2.05, 4.69) is 10.6 Å².